The molecule has 36 heavy (non-hydrogen) atoms. The number of hydrogen-bond donors (Lipinski definition) is 0. The first-order chi connectivity index (χ1) is 17.2. The number of ether oxygens (including phenoxy) is 1. The van der Waals surface area contributed by atoms with Crippen molar-refractivity contribution in [1.82, 2.24) is 19.7 Å². The van der Waals surface area contributed by atoms with Crippen LogP contribution < -0.4 is 4.90 Å². The van der Waals surface area contributed by atoms with Crippen LogP contribution in [0.15, 0.2) is 77.7 Å². The highest BCUT2D eigenvalue weighted by molar-refractivity contribution is 8.93. The van der Waals surface area contributed by atoms with Gasteiger partial charge in [-0.1, -0.05) is 59.8 Å². The lowest BCUT2D eigenvalue weighted by atomic mass is 10.1. The van der Waals surface area contributed by atoms with Crippen LogP contribution >= 0.6 is 40.3 Å². The summed E-state index contributed by atoms with van der Waals surface area (Å²) < 4.78 is 7.49. The molecule has 5 rings (SSSR count). The maximum Gasteiger partial charge on any atom is 0.232 e. The van der Waals surface area contributed by atoms with E-state index in [1.807, 2.05) is 70.6 Å². The number of anilines is 1. The van der Waals surface area contributed by atoms with Crippen LogP contribution in [-0.4, -0.2) is 52.5 Å². The van der Waals surface area contributed by atoms with Crippen LogP contribution in [0.4, 0.5) is 5.95 Å². The van der Waals surface area contributed by atoms with E-state index in [0.717, 1.165) is 22.0 Å². The molecule has 10 heteroatoms. The number of thioether (sulfide) groups is 1. The highest BCUT2D eigenvalue weighted by Crippen LogP contribution is 2.43. The summed E-state index contributed by atoms with van der Waals surface area (Å²) in [5.41, 5.74) is 3.34. The van der Waals surface area contributed by atoms with E-state index < -0.39 is 0 Å². The standard InChI is InChI=1S/C26H23ClN6OS.BrH/c1-2-12-32-23(19-8-10-20(27)11-9-19)18-35-25(32)22(17-28)24-29-30-26(31-13-15-34-16-14-31)33(24)21-6-4-3-5-7-21;/h2-11,18H,1,12-16H2;1H. The Bertz CT molecular complexity index is 1330. The van der Waals surface area contributed by atoms with Crippen LogP contribution in [0.25, 0.3) is 17.0 Å². The molecule has 0 unspecified atom stereocenters. The van der Waals surface area contributed by atoms with Crippen molar-refractivity contribution in [2.45, 2.75) is 0 Å². The first-order valence-electron chi connectivity index (χ1n) is 11.2. The first-order valence-corrected chi connectivity index (χ1v) is 12.5. The predicted molar refractivity (Wildman–Crippen MR) is 151 cm³/mol. The molecule has 1 saturated heterocycles. The molecule has 0 radical (unpaired) electrons. The van der Waals surface area contributed by atoms with Crippen LogP contribution in [0.3, 0.4) is 0 Å². The van der Waals surface area contributed by atoms with Gasteiger partial charge < -0.3 is 14.5 Å². The van der Waals surface area contributed by atoms with Gasteiger partial charge in [0.2, 0.25) is 5.95 Å². The molecule has 0 amide bonds. The molecule has 7 nitrogen and oxygen atoms in total. The number of allylic oxidation sites excluding steroid dienone is 1. The number of morpholine rings is 1. The molecular formula is C26H24BrClN6OS. The lowest BCUT2D eigenvalue weighted by molar-refractivity contribution is 0.122. The molecule has 0 atom stereocenters. The van der Waals surface area contributed by atoms with Crippen molar-refractivity contribution >= 4 is 57.6 Å². The summed E-state index contributed by atoms with van der Waals surface area (Å²) in [6.07, 6.45) is 1.83. The molecule has 2 aliphatic heterocycles. The lowest BCUT2D eigenvalue weighted by Crippen LogP contribution is -2.38. The number of nitrogens with zero attached hydrogens (tertiary/aromatic N) is 6. The SMILES string of the molecule is Br.C=CCN1C(c2ccc(Cl)cc2)=CSC1=C(C#N)c1nnc(N2CCOCC2)n1-c1ccccc1. The topological polar surface area (TPSA) is 70.2 Å². The zero-order valence-electron chi connectivity index (χ0n) is 19.4. The molecule has 2 aromatic carbocycles. The Morgan fingerprint density at radius 1 is 1.11 bits per heavy atom. The van der Waals surface area contributed by atoms with Gasteiger partial charge in [0.1, 0.15) is 16.7 Å². The fourth-order valence-electron chi connectivity index (χ4n) is 4.11. The summed E-state index contributed by atoms with van der Waals surface area (Å²) in [5, 5.41) is 23.0. The lowest BCUT2D eigenvalue weighted by Gasteiger charge is -2.28. The van der Waals surface area contributed by atoms with Crippen LogP contribution in [-0.2, 0) is 4.74 Å². The molecule has 0 bridgehead atoms. The van der Waals surface area contributed by atoms with Gasteiger partial charge in [0.25, 0.3) is 0 Å². The van der Waals surface area contributed by atoms with E-state index in [2.05, 4.69) is 32.6 Å². The Hall–Kier alpha value is -3.03. The van der Waals surface area contributed by atoms with E-state index in [1.54, 1.807) is 0 Å². The van der Waals surface area contributed by atoms with Crippen molar-refractivity contribution in [2.75, 3.05) is 37.7 Å². The molecule has 1 fully saturated rings. The minimum Gasteiger partial charge on any atom is -0.378 e. The van der Waals surface area contributed by atoms with E-state index >= 15 is 0 Å². The largest absolute Gasteiger partial charge is 0.378 e. The van der Waals surface area contributed by atoms with Gasteiger partial charge in [-0.15, -0.1) is 33.8 Å². The Morgan fingerprint density at radius 2 is 1.83 bits per heavy atom. The second-order valence-electron chi connectivity index (χ2n) is 7.91. The van der Waals surface area contributed by atoms with Gasteiger partial charge in [0.15, 0.2) is 5.82 Å². The smallest absolute Gasteiger partial charge is 0.232 e. The number of para-hydroxylation sites is 1. The number of rotatable bonds is 6. The first kappa shape index (κ1) is 26.0. The van der Waals surface area contributed by atoms with E-state index in [1.165, 1.54) is 11.8 Å². The van der Waals surface area contributed by atoms with E-state index in [4.69, 9.17) is 16.3 Å². The van der Waals surface area contributed by atoms with Gasteiger partial charge in [0, 0.05) is 30.1 Å². The molecule has 0 spiro atoms. The summed E-state index contributed by atoms with van der Waals surface area (Å²) in [6, 6.07) is 20.0. The Balaban J connectivity index is 0.00000304. The van der Waals surface area contributed by atoms with Crippen molar-refractivity contribution in [3.8, 4) is 11.8 Å². The van der Waals surface area contributed by atoms with Crippen molar-refractivity contribution in [3.63, 3.8) is 0 Å². The molecule has 184 valence electrons. The minimum absolute atomic E-state index is 0. The third kappa shape index (κ3) is 5.08. The zero-order valence-corrected chi connectivity index (χ0v) is 22.7. The average molecular weight is 584 g/mol. The molecule has 1 aromatic heterocycles. The molecule has 0 aliphatic carbocycles. The Kier molecular flexibility index (Phi) is 8.54. The minimum atomic E-state index is 0. The second-order valence-corrected chi connectivity index (χ2v) is 9.21. The Morgan fingerprint density at radius 3 is 2.50 bits per heavy atom. The van der Waals surface area contributed by atoms with Crippen molar-refractivity contribution in [3.05, 3.63) is 94.1 Å². The molecule has 0 N–H and O–H groups in total. The van der Waals surface area contributed by atoms with Crippen LogP contribution in [0.1, 0.15) is 11.4 Å². The maximum atomic E-state index is 10.4. The van der Waals surface area contributed by atoms with Crippen molar-refractivity contribution in [2.24, 2.45) is 0 Å². The summed E-state index contributed by atoms with van der Waals surface area (Å²) in [6.45, 7) is 7.15. The van der Waals surface area contributed by atoms with Gasteiger partial charge in [-0.3, -0.25) is 4.57 Å². The number of hydrogen-bond acceptors (Lipinski definition) is 7. The fourth-order valence-corrected chi connectivity index (χ4v) is 5.28. The van der Waals surface area contributed by atoms with Gasteiger partial charge >= 0.3 is 0 Å². The monoisotopic (exact) mass is 582 g/mol. The predicted octanol–water partition coefficient (Wildman–Crippen LogP) is 5.76. The van der Waals surface area contributed by atoms with Crippen molar-refractivity contribution in [1.29, 1.82) is 5.26 Å². The molecule has 3 heterocycles. The van der Waals surface area contributed by atoms with Gasteiger partial charge in [-0.25, -0.2) is 0 Å². The number of halogens is 2. The average Bonchev–Trinajstić information content (AvgIpc) is 3.52. The summed E-state index contributed by atoms with van der Waals surface area (Å²) in [7, 11) is 0. The highest BCUT2D eigenvalue weighted by Gasteiger charge is 2.30. The highest BCUT2D eigenvalue weighted by atomic mass is 79.9. The Labute approximate surface area is 230 Å². The van der Waals surface area contributed by atoms with Gasteiger partial charge in [0.05, 0.1) is 24.6 Å². The quantitative estimate of drug-likeness (QED) is 0.270. The normalized spacial score (nSPS) is 16.7. The van der Waals surface area contributed by atoms with Crippen LogP contribution in [0.5, 0.6) is 0 Å². The van der Waals surface area contributed by atoms with Crippen LogP contribution in [0.2, 0.25) is 5.02 Å². The third-order valence-corrected chi connectivity index (χ3v) is 7.01. The summed E-state index contributed by atoms with van der Waals surface area (Å²) >= 11 is 7.60. The van der Waals surface area contributed by atoms with E-state index in [0.29, 0.717) is 55.2 Å². The molecule has 0 saturated carbocycles. The van der Waals surface area contributed by atoms with Gasteiger partial charge in [-0.2, -0.15) is 5.26 Å². The number of nitriles is 1. The summed E-state index contributed by atoms with van der Waals surface area (Å²) in [4.78, 5) is 4.23. The van der Waals surface area contributed by atoms with Crippen molar-refractivity contribution < 1.29 is 4.74 Å². The molecule has 2 aliphatic rings. The van der Waals surface area contributed by atoms with Gasteiger partial charge in [-0.05, 0) is 29.8 Å². The molecular weight excluding hydrogens is 560 g/mol. The second kappa shape index (κ2) is 11.8. The van der Waals surface area contributed by atoms with E-state index in [-0.39, 0.29) is 17.0 Å². The zero-order chi connectivity index (χ0) is 24.2. The fraction of sp³-hybridized carbons (Fsp3) is 0.192. The number of aromatic nitrogens is 3. The van der Waals surface area contributed by atoms with E-state index in [9.17, 15) is 5.26 Å². The molecule has 3 aromatic rings. The maximum absolute atomic E-state index is 10.4. The summed E-state index contributed by atoms with van der Waals surface area (Å²) in [5.74, 6) is 1.20. The van der Waals surface area contributed by atoms with Crippen LogP contribution in [0, 0.1) is 11.3 Å². The number of benzene rings is 2. The third-order valence-electron chi connectivity index (χ3n) is 5.77.